The number of carbonyl (C=O) groups is 1. The predicted molar refractivity (Wildman–Crippen MR) is 97.2 cm³/mol. The average Bonchev–Trinajstić information content (AvgIpc) is 2.23. The standard InChI is InChI=1S/C18H37O3P/c1-15(2,3)12-18(9,13-22)14(19)21-17(7,8)10-11-20-16(4,5)6/h10-13,22H2,1-9H3. The molecule has 0 radical (unpaired) electrons. The Kier molecular flexibility index (Phi) is 7.57. The van der Waals surface area contributed by atoms with Gasteiger partial charge in [0.25, 0.3) is 0 Å². The lowest BCUT2D eigenvalue weighted by atomic mass is 9.76. The first-order valence-corrected chi connectivity index (χ1v) is 8.99. The molecule has 0 amide bonds. The van der Waals surface area contributed by atoms with Crippen LogP contribution in [0.3, 0.4) is 0 Å². The normalized spacial score (nSPS) is 16.3. The van der Waals surface area contributed by atoms with E-state index < -0.39 is 11.0 Å². The van der Waals surface area contributed by atoms with Crippen LogP contribution in [0.5, 0.6) is 0 Å². The van der Waals surface area contributed by atoms with Crippen LogP contribution in [0, 0.1) is 10.8 Å². The molecule has 0 fully saturated rings. The van der Waals surface area contributed by atoms with Crippen molar-refractivity contribution >= 4 is 15.2 Å². The van der Waals surface area contributed by atoms with E-state index >= 15 is 0 Å². The van der Waals surface area contributed by atoms with Gasteiger partial charge in [-0.1, -0.05) is 20.8 Å². The Balaban J connectivity index is 4.71. The Bertz CT molecular complexity index is 364. The second-order valence-electron chi connectivity index (χ2n) is 9.36. The summed E-state index contributed by atoms with van der Waals surface area (Å²) in [4.78, 5) is 12.7. The lowest BCUT2D eigenvalue weighted by Gasteiger charge is -2.36. The van der Waals surface area contributed by atoms with Gasteiger partial charge in [-0.05, 0) is 59.5 Å². The van der Waals surface area contributed by atoms with Crippen LogP contribution in [-0.2, 0) is 14.3 Å². The highest BCUT2D eigenvalue weighted by Crippen LogP contribution is 2.37. The third kappa shape index (κ3) is 9.10. The molecule has 2 unspecified atom stereocenters. The summed E-state index contributed by atoms with van der Waals surface area (Å²) in [6.45, 7) is 19.0. The number of hydrogen-bond acceptors (Lipinski definition) is 3. The van der Waals surface area contributed by atoms with Crippen molar-refractivity contribution in [2.24, 2.45) is 10.8 Å². The van der Waals surface area contributed by atoms with Gasteiger partial charge >= 0.3 is 5.97 Å². The van der Waals surface area contributed by atoms with E-state index in [1.807, 2.05) is 41.5 Å². The van der Waals surface area contributed by atoms with Crippen LogP contribution in [0.2, 0.25) is 0 Å². The zero-order chi connectivity index (χ0) is 17.8. The zero-order valence-electron chi connectivity index (χ0n) is 16.1. The summed E-state index contributed by atoms with van der Waals surface area (Å²) in [5.41, 5.74) is -1.06. The van der Waals surface area contributed by atoms with Gasteiger partial charge in [-0.3, -0.25) is 4.79 Å². The van der Waals surface area contributed by atoms with Gasteiger partial charge in [-0.2, -0.15) is 0 Å². The summed E-state index contributed by atoms with van der Waals surface area (Å²) < 4.78 is 11.6. The van der Waals surface area contributed by atoms with Gasteiger partial charge in [-0.25, -0.2) is 0 Å². The molecule has 0 saturated heterocycles. The number of ether oxygens (including phenoxy) is 2. The summed E-state index contributed by atoms with van der Waals surface area (Å²) in [5.74, 6) is -0.113. The molecule has 0 aliphatic carbocycles. The van der Waals surface area contributed by atoms with Crippen LogP contribution in [0.15, 0.2) is 0 Å². The number of hydrogen-bond donors (Lipinski definition) is 0. The summed E-state index contributed by atoms with van der Waals surface area (Å²) >= 11 is 0. The molecule has 3 nitrogen and oxygen atoms in total. The number of carbonyl (C=O) groups excluding carboxylic acids is 1. The number of esters is 1. The second kappa shape index (κ2) is 7.62. The van der Waals surface area contributed by atoms with Crippen molar-refractivity contribution in [1.29, 1.82) is 0 Å². The van der Waals surface area contributed by atoms with E-state index in [0.29, 0.717) is 19.2 Å². The highest BCUT2D eigenvalue weighted by Gasteiger charge is 2.39. The Morgan fingerprint density at radius 2 is 1.45 bits per heavy atom. The Morgan fingerprint density at radius 3 is 1.82 bits per heavy atom. The molecule has 0 rings (SSSR count). The van der Waals surface area contributed by atoms with E-state index in [4.69, 9.17) is 9.47 Å². The first kappa shape index (κ1) is 21.9. The molecular formula is C18H37O3P. The molecule has 0 N–H and O–H groups in total. The maximum atomic E-state index is 12.7. The predicted octanol–water partition coefficient (Wildman–Crippen LogP) is 4.83. The molecule has 0 aliphatic heterocycles. The average molecular weight is 332 g/mol. The van der Waals surface area contributed by atoms with E-state index in [1.54, 1.807) is 0 Å². The molecular weight excluding hydrogens is 295 g/mol. The van der Waals surface area contributed by atoms with E-state index in [-0.39, 0.29) is 17.0 Å². The number of rotatable bonds is 7. The lowest BCUT2D eigenvalue weighted by Crippen LogP contribution is -2.41. The largest absolute Gasteiger partial charge is 0.459 e. The van der Waals surface area contributed by atoms with Crippen LogP contribution in [-0.4, -0.2) is 29.9 Å². The molecule has 2 atom stereocenters. The maximum Gasteiger partial charge on any atom is 0.312 e. The molecule has 0 aromatic heterocycles. The molecule has 0 aromatic carbocycles. The van der Waals surface area contributed by atoms with Gasteiger partial charge in [0.1, 0.15) is 5.60 Å². The molecule has 0 bridgehead atoms. The molecule has 4 heteroatoms. The third-order valence-electron chi connectivity index (χ3n) is 3.47. The Morgan fingerprint density at radius 1 is 0.955 bits per heavy atom. The first-order valence-electron chi connectivity index (χ1n) is 8.18. The quantitative estimate of drug-likeness (QED) is 0.495. The molecule has 0 aromatic rings. The fourth-order valence-corrected chi connectivity index (χ4v) is 2.74. The van der Waals surface area contributed by atoms with Gasteiger partial charge < -0.3 is 9.47 Å². The van der Waals surface area contributed by atoms with Crippen LogP contribution >= 0.6 is 9.24 Å². The van der Waals surface area contributed by atoms with E-state index in [0.717, 1.165) is 6.42 Å². The van der Waals surface area contributed by atoms with Crippen LogP contribution in [0.1, 0.15) is 75.2 Å². The summed E-state index contributed by atoms with van der Waals surface area (Å²) in [5, 5.41) is 0. The van der Waals surface area contributed by atoms with Gasteiger partial charge in [0, 0.05) is 6.42 Å². The van der Waals surface area contributed by atoms with Crippen molar-refractivity contribution in [3.8, 4) is 0 Å². The van der Waals surface area contributed by atoms with Crippen LogP contribution in [0.4, 0.5) is 0 Å². The molecule has 0 heterocycles. The summed E-state index contributed by atoms with van der Waals surface area (Å²) in [6.07, 6.45) is 2.20. The minimum absolute atomic E-state index is 0.0871. The molecule has 22 heavy (non-hydrogen) atoms. The van der Waals surface area contributed by atoms with Crippen molar-refractivity contribution < 1.29 is 14.3 Å². The highest BCUT2D eigenvalue weighted by molar-refractivity contribution is 7.16. The van der Waals surface area contributed by atoms with Crippen LogP contribution in [0.25, 0.3) is 0 Å². The monoisotopic (exact) mass is 332 g/mol. The topological polar surface area (TPSA) is 35.5 Å². The molecule has 132 valence electrons. The van der Waals surface area contributed by atoms with Crippen molar-refractivity contribution in [3.63, 3.8) is 0 Å². The SMILES string of the molecule is CC(C)(C)CC(C)(CP)C(=O)OC(C)(C)CCOC(C)(C)C. The third-order valence-corrected chi connectivity index (χ3v) is 4.37. The second-order valence-corrected chi connectivity index (χ2v) is 9.77. The van der Waals surface area contributed by atoms with Crippen LogP contribution < -0.4 is 0 Å². The lowest BCUT2D eigenvalue weighted by molar-refractivity contribution is -0.171. The minimum Gasteiger partial charge on any atom is -0.459 e. The van der Waals surface area contributed by atoms with Gasteiger partial charge in [0.2, 0.25) is 0 Å². The van der Waals surface area contributed by atoms with Gasteiger partial charge in [-0.15, -0.1) is 9.24 Å². The van der Waals surface area contributed by atoms with Crippen molar-refractivity contribution in [2.75, 3.05) is 12.8 Å². The highest BCUT2D eigenvalue weighted by atomic mass is 31.0. The van der Waals surface area contributed by atoms with E-state index in [1.165, 1.54) is 0 Å². The summed E-state index contributed by atoms with van der Waals surface area (Å²) in [6, 6.07) is 0. The summed E-state index contributed by atoms with van der Waals surface area (Å²) in [7, 11) is 2.69. The van der Waals surface area contributed by atoms with E-state index in [9.17, 15) is 4.79 Å². The molecule has 0 aliphatic rings. The van der Waals surface area contributed by atoms with E-state index in [2.05, 4.69) is 30.0 Å². The van der Waals surface area contributed by atoms with Gasteiger partial charge in [0.15, 0.2) is 0 Å². The van der Waals surface area contributed by atoms with Crippen molar-refractivity contribution in [2.45, 2.75) is 86.4 Å². The smallest absolute Gasteiger partial charge is 0.312 e. The van der Waals surface area contributed by atoms with Crippen molar-refractivity contribution in [1.82, 2.24) is 0 Å². The molecule has 0 saturated carbocycles. The Labute approximate surface area is 140 Å². The zero-order valence-corrected chi connectivity index (χ0v) is 17.3. The van der Waals surface area contributed by atoms with Gasteiger partial charge in [0.05, 0.1) is 17.6 Å². The minimum atomic E-state index is -0.513. The first-order chi connectivity index (χ1) is 9.60. The van der Waals surface area contributed by atoms with Crippen molar-refractivity contribution in [3.05, 3.63) is 0 Å². The molecule has 0 spiro atoms. The fourth-order valence-electron chi connectivity index (χ4n) is 2.43. The fraction of sp³-hybridized carbons (Fsp3) is 0.944. The Hall–Kier alpha value is -0.140. The maximum absolute atomic E-state index is 12.7.